The van der Waals surface area contributed by atoms with Crippen LogP contribution in [0.5, 0.6) is 0 Å². The van der Waals surface area contributed by atoms with E-state index >= 15 is 0 Å². The molecule has 0 saturated carbocycles. The van der Waals surface area contributed by atoms with Crippen LogP contribution in [0.4, 0.5) is 10.5 Å². The van der Waals surface area contributed by atoms with Crippen LogP contribution in [0, 0.1) is 19.8 Å². The van der Waals surface area contributed by atoms with E-state index in [9.17, 15) is 4.79 Å². The zero-order valence-corrected chi connectivity index (χ0v) is 16.4. The second-order valence-electron chi connectivity index (χ2n) is 7.23. The molecule has 3 rings (SSSR count). The first kappa shape index (κ1) is 19.5. The summed E-state index contributed by atoms with van der Waals surface area (Å²) >= 11 is 0. The maximum atomic E-state index is 12.2. The van der Waals surface area contributed by atoms with Crippen molar-refractivity contribution in [1.82, 2.24) is 20.2 Å². The smallest absolute Gasteiger partial charge is 0.319 e. The fourth-order valence-electron chi connectivity index (χ4n) is 3.44. The summed E-state index contributed by atoms with van der Waals surface area (Å²) < 4.78 is 5.10. The Morgan fingerprint density at radius 3 is 2.81 bits per heavy atom. The van der Waals surface area contributed by atoms with Gasteiger partial charge >= 0.3 is 6.03 Å². The largest absolute Gasteiger partial charge is 0.385 e. The topological polar surface area (TPSA) is 79.4 Å². The number of likely N-dealkylation sites (tertiary alicyclic amines) is 1. The average Bonchev–Trinajstić information content (AvgIpc) is 3.09. The zero-order valence-electron chi connectivity index (χ0n) is 16.4. The summed E-state index contributed by atoms with van der Waals surface area (Å²) in [7, 11) is 1.74. The fourth-order valence-corrected chi connectivity index (χ4v) is 3.44. The number of carbonyl (C=O) groups is 1. The first-order valence-corrected chi connectivity index (χ1v) is 9.56. The minimum atomic E-state index is -0.177. The highest BCUT2D eigenvalue weighted by Crippen LogP contribution is 2.18. The lowest BCUT2D eigenvalue weighted by Crippen LogP contribution is -2.34. The summed E-state index contributed by atoms with van der Waals surface area (Å²) in [5.41, 5.74) is 4.18. The number of rotatable bonds is 7. The molecule has 1 aliphatic heterocycles. The third-order valence-corrected chi connectivity index (χ3v) is 5.08. The van der Waals surface area contributed by atoms with E-state index in [4.69, 9.17) is 4.74 Å². The predicted octanol–water partition coefficient (Wildman–Crippen LogP) is 2.73. The summed E-state index contributed by atoms with van der Waals surface area (Å²) in [6, 6.07) is 5.43. The van der Waals surface area contributed by atoms with E-state index in [1.165, 1.54) is 0 Å². The van der Waals surface area contributed by atoms with Crippen LogP contribution >= 0.6 is 0 Å². The standard InChI is InChI=1S/C20H29N5O2/c1-14-15(2)23-19-11-17(5-6-18(19)22-14)24-20(26)21-12-16-7-9-25(13-16)8-4-10-27-3/h5-6,11,16H,4,7-10,12-13H2,1-3H3,(H2,21,24,26). The van der Waals surface area contributed by atoms with Gasteiger partial charge in [-0.25, -0.2) is 14.8 Å². The number of aryl methyl sites for hydroxylation is 2. The average molecular weight is 371 g/mol. The molecule has 1 aromatic heterocycles. The molecule has 1 aromatic carbocycles. The molecule has 0 bridgehead atoms. The summed E-state index contributed by atoms with van der Waals surface area (Å²) in [5, 5.41) is 5.89. The number of hydrogen-bond acceptors (Lipinski definition) is 5. The van der Waals surface area contributed by atoms with Gasteiger partial charge in [0.15, 0.2) is 0 Å². The van der Waals surface area contributed by atoms with Crippen LogP contribution in [0.2, 0.25) is 0 Å². The van der Waals surface area contributed by atoms with Crippen LogP contribution < -0.4 is 10.6 Å². The molecule has 1 atom stereocenters. The molecule has 0 aliphatic carbocycles. The molecule has 1 aliphatic rings. The van der Waals surface area contributed by atoms with Crippen molar-refractivity contribution in [1.29, 1.82) is 0 Å². The molecule has 2 heterocycles. The van der Waals surface area contributed by atoms with E-state index in [1.807, 2.05) is 32.0 Å². The van der Waals surface area contributed by atoms with Crippen LogP contribution in [0.15, 0.2) is 18.2 Å². The van der Waals surface area contributed by atoms with Gasteiger partial charge in [-0.15, -0.1) is 0 Å². The van der Waals surface area contributed by atoms with Gasteiger partial charge in [0.25, 0.3) is 0 Å². The van der Waals surface area contributed by atoms with Gasteiger partial charge in [0.2, 0.25) is 0 Å². The highest BCUT2D eigenvalue weighted by atomic mass is 16.5. The van der Waals surface area contributed by atoms with Gasteiger partial charge in [-0.1, -0.05) is 0 Å². The van der Waals surface area contributed by atoms with Gasteiger partial charge in [-0.2, -0.15) is 0 Å². The number of carbonyl (C=O) groups excluding carboxylic acids is 1. The monoisotopic (exact) mass is 371 g/mol. The Morgan fingerprint density at radius 1 is 1.26 bits per heavy atom. The van der Waals surface area contributed by atoms with E-state index in [0.717, 1.165) is 67.2 Å². The maximum absolute atomic E-state index is 12.2. The number of fused-ring (bicyclic) bond motifs is 1. The molecule has 1 unspecified atom stereocenters. The van der Waals surface area contributed by atoms with Crippen LogP contribution in [0.1, 0.15) is 24.2 Å². The van der Waals surface area contributed by atoms with Crippen molar-refractivity contribution in [2.75, 3.05) is 45.2 Å². The third-order valence-electron chi connectivity index (χ3n) is 5.08. The van der Waals surface area contributed by atoms with Gasteiger partial charge in [0.1, 0.15) is 0 Å². The third kappa shape index (κ3) is 5.37. The van der Waals surface area contributed by atoms with Crippen molar-refractivity contribution in [3.63, 3.8) is 0 Å². The maximum Gasteiger partial charge on any atom is 0.319 e. The first-order chi connectivity index (χ1) is 13.0. The molecule has 27 heavy (non-hydrogen) atoms. The van der Waals surface area contributed by atoms with Crippen LogP contribution in [-0.4, -0.2) is 60.8 Å². The number of benzene rings is 1. The van der Waals surface area contributed by atoms with E-state index < -0.39 is 0 Å². The van der Waals surface area contributed by atoms with Gasteiger partial charge in [0.05, 0.1) is 22.4 Å². The minimum Gasteiger partial charge on any atom is -0.385 e. The van der Waals surface area contributed by atoms with Crippen molar-refractivity contribution < 1.29 is 9.53 Å². The molecule has 2 N–H and O–H groups in total. The van der Waals surface area contributed by atoms with E-state index in [2.05, 4.69) is 25.5 Å². The van der Waals surface area contributed by atoms with E-state index in [-0.39, 0.29) is 6.03 Å². The number of nitrogens with zero attached hydrogens (tertiary/aromatic N) is 3. The highest BCUT2D eigenvalue weighted by molar-refractivity contribution is 5.91. The second-order valence-corrected chi connectivity index (χ2v) is 7.23. The molecule has 146 valence electrons. The molecule has 7 nitrogen and oxygen atoms in total. The van der Waals surface area contributed by atoms with E-state index in [0.29, 0.717) is 12.5 Å². The number of methoxy groups -OCH3 is 1. The summed E-state index contributed by atoms with van der Waals surface area (Å²) in [6.07, 6.45) is 2.18. The van der Waals surface area contributed by atoms with Gasteiger partial charge in [0, 0.05) is 39.0 Å². The second kappa shape index (κ2) is 9.10. The first-order valence-electron chi connectivity index (χ1n) is 9.56. The number of aromatic nitrogens is 2. The van der Waals surface area contributed by atoms with Crippen molar-refractivity contribution in [3.8, 4) is 0 Å². The number of nitrogens with one attached hydrogen (secondary N) is 2. The lowest BCUT2D eigenvalue weighted by Gasteiger charge is -2.16. The van der Waals surface area contributed by atoms with Crippen molar-refractivity contribution in [2.45, 2.75) is 26.7 Å². The Balaban J connectivity index is 1.47. The Kier molecular flexibility index (Phi) is 6.58. The summed E-state index contributed by atoms with van der Waals surface area (Å²) in [6.45, 7) is 8.58. The van der Waals surface area contributed by atoms with E-state index in [1.54, 1.807) is 7.11 Å². The molecule has 1 fully saturated rings. The van der Waals surface area contributed by atoms with Gasteiger partial charge < -0.3 is 20.3 Å². The highest BCUT2D eigenvalue weighted by Gasteiger charge is 2.22. The van der Waals surface area contributed by atoms with Crippen LogP contribution in [0.25, 0.3) is 11.0 Å². The lowest BCUT2D eigenvalue weighted by molar-refractivity contribution is 0.178. The number of anilines is 1. The van der Waals surface area contributed by atoms with Crippen LogP contribution in [0.3, 0.4) is 0 Å². The Labute approximate surface area is 160 Å². The quantitative estimate of drug-likeness (QED) is 0.732. The molecule has 0 radical (unpaired) electrons. The normalized spacial score (nSPS) is 17.4. The number of hydrogen-bond donors (Lipinski definition) is 2. The van der Waals surface area contributed by atoms with Crippen LogP contribution in [-0.2, 0) is 4.74 Å². The SMILES string of the molecule is COCCCN1CCC(CNC(=O)Nc2ccc3nc(C)c(C)nc3c2)C1. The Morgan fingerprint density at radius 2 is 2.04 bits per heavy atom. The number of ether oxygens (including phenoxy) is 1. The summed E-state index contributed by atoms with van der Waals surface area (Å²) in [5.74, 6) is 0.506. The van der Waals surface area contributed by atoms with Crippen molar-refractivity contribution in [2.24, 2.45) is 5.92 Å². The number of urea groups is 1. The Hall–Kier alpha value is -2.25. The summed E-state index contributed by atoms with van der Waals surface area (Å²) in [4.78, 5) is 23.7. The van der Waals surface area contributed by atoms with Crippen molar-refractivity contribution >= 4 is 22.8 Å². The molecular weight excluding hydrogens is 342 g/mol. The minimum absolute atomic E-state index is 0.177. The molecular formula is C20H29N5O2. The predicted molar refractivity (Wildman–Crippen MR) is 107 cm³/mol. The molecule has 2 amide bonds. The van der Waals surface area contributed by atoms with Gasteiger partial charge in [-0.05, 0) is 57.4 Å². The fraction of sp³-hybridized carbons (Fsp3) is 0.550. The molecule has 7 heteroatoms. The molecule has 0 spiro atoms. The molecule has 1 saturated heterocycles. The van der Waals surface area contributed by atoms with Crippen molar-refractivity contribution in [3.05, 3.63) is 29.6 Å². The zero-order chi connectivity index (χ0) is 19.2. The number of amides is 2. The van der Waals surface area contributed by atoms with Gasteiger partial charge in [-0.3, -0.25) is 0 Å². The molecule has 2 aromatic rings. The lowest BCUT2D eigenvalue weighted by atomic mass is 10.1. The Bertz CT molecular complexity index is 795.